The van der Waals surface area contributed by atoms with E-state index < -0.39 is 5.97 Å². The molecule has 1 N–H and O–H groups in total. The summed E-state index contributed by atoms with van der Waals surface area (Å²) >= 11 is 0. The second-order valence-electron chi connectivity index (χ2n) is 9.10. The Kier molecular flexibility index (Phi) is 11.9. The van der Waals surface area contributed by atoms with Gasteiger partial charge in [-0.1, -0.05) is 27.7 Å². The summed E-state index contributed by atoms with van der Waals surface area (Å²) in [6, 6.07) is 0. The molecule has 162 valence electrons. The summed E-state index contributed by atoms with van der Waals surface area (Å²) < 4.78 is 4.93. The van der Waals surface area contributed by atoms with Crippen molar-refractivity contribution >= 4 is 23.5 Å². The fraction of sp³-hybridized carbons (Fsp3) is 0.818. The van der Waals surface area contributed by atoms with Crippen LogP contribution in [-0.4, -0.2) is 35.2 Å². The number of rotatable bonds is 16. The van der Waals surface area contributed by atoms with E-state index in [1.807, 2.05) is 27.7 Å². The molecule has 0 aliphatic rings. The average Bonchev–Trinajstić information content (AvgIpc) is 2.60. The van der Waals surface area contributed by atoms with Crippen molar-refractivity contribution in [2.45, 2.75) is 98.8 Å². The lowest BCUT2D eigenvalue weighted by molar-refractivity contribution is -0.143. The Labute approximate surface area is 169 Å². The lowest BCUT2D eigenvalue weighted by Gasteiger charge is -2.24. The number of carboxylic acid groups (broad SMARTS) is 1. The molecule has 0 saturated carbocycles. The second kappa shape index (κ2) is 12.7. The topological polar surface area (TPSA) is 97.7 Å². The lowest BCUT2D eigenvalue weighted by Crippen LogP contribution is -2.17. The molecule has 0 spiro atoms. The molecule has 0 fully saturated rings. The fourth-order valence-corrected chi connectivity index (χ4v) is 2.85. The van der Waals surface area contributed by atoms with Crippen molar-refractivity contribution in [3.05, 3.63) is 0 Å². The van der Waals surface area contributed by atoms with E-state index in [1.54, 1.807) is 6.92 Å². The van der Waals surface area contributed by atoms with Crippen molar-refractivity contribution in [3.63, 3.8) is 0 Å². The van der Waals surface area contributed by atoms with Crippen LogP contribution in [0.3, 0.4) is 0 Å². The lowest BCUT2D eigenvalue weighted by atomic mass is 9.81. The maximum absolute atomic E-state index is 12.1. The fourth-order valence-electron chi connectivity index (χ4n) is 2.85. The van der Waals surface area contributed by atoms with Crippen molar-refractivity contribution in [2.24, 2.45) is 10.8 Å². The van der Waals surface area contributed by atoms with Gasteiger partial charge in [0, 0.05) is 38.5 Å². The molecule has 0 heterocycles. The molecule has 0 aromatic heterocycles. The monoisotopic (exact) mass is 398 g/mol. The minimum Gasteiger partial charge on any atom is -0.481 e. The van der Waals surface area contributed by atoms with Gasteiger partial charge in [0.15, 0.2) is 0 Å². The molecule has 0 rings (SSSR count). The van der Waals surface area contributed by atoms with Crippen molar-refractivity contribution in [3.8, 4) is 0 Å². The van der Waals surface area contributed by atoms with E-state index in [0.717, 1.165) is 0 Å². The van der Waals surface area contributed by atoms with Crippen LogP contribution in [0, 0.1) is 10.8 Å². The van der Waals surface area contributed by atoms with E-state index >= 15 is 0 Å². The first-order chi connectivity index (χ1) is 12.9. The van der Waals surface area contributed by atoms with E-state index in [-0.39, 0.29) is 47.6 Å². The van der Waals surface area contributed by atoms with E-state index in [9.17, 15) is 19.2 Å². The molecule has 0 aliphatic carbocycles. The first-order valence-electron chi connectivity index (χ1n) is 10.3. The molecular weight excluding hydrogens is 360 g/mol. The highest BCUT2D eigenvalue weighted by Crippen LogP contribution is 2.30. The van der Waals surface area contributed by atoms with Crippen LogP contribution in [0.5, 0.6) is 0 Å². The third-order valence-corrected chi connectivity index (χ3v) is 5.17. The van der Waals surface area contributed by atoms with Gasteiger partial charge in [0.1, 0.15) is 11.6 Å². The minimum absolute atomic E-state index is 0.0540. The molecule has 0 aromatic rings. The number of Topliss-reactive ketones (excluding diaryl/α,β-unsaturated/α-hetero) is 2. The van der Waals surface area contributed by atoms with Gasteiger partial charge < -0.3 is 9.84 Å². The zero-order valence-corrected chi connectivity index (χ0v) is 18.3. The maximum Gasteiger partial charge on any atom is 0.305 e. The zero-order valence-electron chi connectivity index (χ0n) is 18.3. The van der Waals surface area contributed by atoms with E-state index in [1.165, 1.54) is 0 Å². The summed E-state index contributed by atoms with van der Waals surface area (Å²) in [6.07, 6.45) is 4.27. The molecular formula is C22H38O6. The summed E-state index contributed by atoms with van der Waals surface area (Å²) in [4.78, 5) is 46.3. The zero-order chi connectivity index (χ0) is 21.8. The first kappa shape index (κ1) is 26.3. The molecule has 0 bridgehead atoms. The predicted molar refractivity (Wildman–Crippen MR) is 108 cm³/mol. The van der Waals surface area contributed by atoms with Gasteiger partial charge in [-0.3, -0.25) is 19.2 Å². The number of ether oxygens (including phenoxy) is 1. The Balaban J connectivity index is 4.08. The van der Waals surface area contributed by atoms with Crippen LogP contribution in [0.15, 0.2) is 0 Å². The van der Waals surface area contributed by atoms with Crippen molar-refractivity contribution in [1.82, 2.24) is 0 Å². The van der Waals surface area contributed by atoms with Crippen LogP contribution >= 0.6 is 0 Å². The van der Waals surface area contributed by atoms with Crippen LogP contribution in [0.4, 0.5) is 0 Å². The summed E-state index contributed by atoms with van der Waals surface area (Å²) in [5, 5.41) is 8.76. The molecule has 0 saturated heterocycles. The van der Waals surface area contributed by atoms with Crippen LogP contribution in [0.2, 0.25) is 0 Å². The maximum atomic E-state index is 12.1. The van der Waals surface area contributed by atoms with E-state index in [0.29, 0.717) is 51.6 Å². The van der Waals surface area contributed by atoms with Gasteiger partial charge in [0.05, 0.1) is 6.61 Å². The number of ketones is 2. The normalized spacial score (nSPS) is 11.9. The average molecular weight is 399 g/mol. The van der Waals surface area contributed by atoms with Gasteiger partial charge in [-0.25, -0.2) is 0 Å². The Morgan fingerprint density at radius 1 is 0.679 bits per heavy atom. The molecule has 0 radical (unpaired) electrons. The second-order valence-corrected chi connectivity index (χ2v) is 9.10. The highest BCUT2D eigenvalue weighted by atomic mass is 16.5. The summed E-state index contributed by atoms with van der Waals surface area (Å²) in [7, 11) is 0. The van der Waals surface area contributed by atoms with Crippen LogP contribution in [-0.2, 0) is 23.9 Å². The minimum atomic E-state index is -0.824. The van der Waals surface area contributed by atoms with Gasteiger partial charge in [0.2, 0.25) is 0 Å². The highest BCUT2D eigenvalue weighted by Gasteiger charge is 2.22. The number of carboxylic acids is 1. The molecule has 0 atom stereocenters. The molecule has 0 amide bonds. The molecule has 0 unspecified atom stereocenters. The summed E-state index contributed by atoms with van der Waals surface area (Å²) in [5.74, 6) is -0.907. The Morgan fingerprint density at radius 2 is 1.07 bits per heavy atom. The largest absolute Gasteiger partial charge is 0.481 e. The summed E-state index contributed by atoms with van der Waals surface area (Å²) in [5.41, 5.74) is -0.318. The predicted octanol–water partition coefficient (Wildman–Crippen LogP) is 4.73. The number of hydrogen-bond acceptors (Lipinski definition) is 5. The number of esters is 1. The SMILES string of the molecule is CCOC(=O)CCC(C)(C)CCC(=O)CCC(=O)CCC(C)(C)CCC(=O)O. The third kappa shape index (κ3) is 14.4. The van der Waals surface area contributed by atoms with Crippen molar-refractivity contribution in [2.75, 3.05) is 6.61 Å². The molecule has 0 aliphatic heterocycles. The van der Waals surface area contributed by atoms with Gasteiger partial charge in [0.25, 0.3) is 0 Å². The van der Waals surface area contributed by atoms with Crippen LogP contribution in [0.25, 0.3) is 0 Å². The Hall–Kier alpha value is -1.72. The van der Waals surface area contributed by atoms with Crippen LogP contribution in [0.1, 0.15) is 98.8 Å². The molecule has 0 aromatic carbocycles. The van der Waals surface area contributed by atoms with Gasteiger partial charge >= 0.3 is 11.9 Å². The van der Waals surface area contributed by atoms with Gasteiger partial charge in [-0.05, 0) is 43.4 Å². The van der Waals surface area contributed by atoms with E-state index in [2.05, 4.69) is 0 Å². The van der Waals surface area contributed by atoms with Crippen molar-refractivity contribution in [1.29, 1.82) is 0 Å². The number of hydrogen-bond donors (Lipinski definition) is 1. The molecule has 28 heavy (non-hydrogen) atoms. The Morgan fingerprint density at radius 3 is 1.46 bits per heavy atom. The van der Waals surface area contributed by atoms with Crippen molar-refractivity contribution < 1.29 is 29.0 Å². The highest BCUT2D eigenvalue weighted by molar-refractivity contribution is 5.86. The smallest absolute Gasteiger partial charge is 0.305 e. The Bertz CT molecular complexity index is 533. The number of carbonyl (C=O) groups excluding carboxylic acids is 3. The molecule has 6 heteroatoms. The summed E-state index contributed by atoms with van der Waals surface area (Å²) in [6.45, 7) is 10.1. The quantitative estimate of drug-likeness (QED) is 0.378. The van der Waals surface area contributed by atoms with Crippen LogP contribution < -0.4 is 0 Å². The standard InChI is InChI=1S/C22H38O6/c1-6-28-20(27)12-16-22(4,5)14-10-18(24)8-7-17(23)9-13-21(2,3)15-11-19(25)26/h6-16H2,1-5H3,(H,25,26). The van der Waals surface area contributed by atoms with E-state index in [4.69, 9.17) is 9.84 Å². The van der Waals surface area contributed by atoms with Gasteiger partial charge in [-0.2, -0.15) is 0 Å². The molecule has 6 nitrogen and oxygen atoms in total. The van der Waals surface area contributed by atoms with Gasteiger partial charge in [-0.15, -0.1) is 0 Å². The third-order valence-electron chi connectivity index (χ3n) is 5.17. The first-order valence-corrected chi connectivity index (χ1v) is 10.3. The number of carbonyl (C=O) groups is 4. The number of aliphatic carboxylic acids is 1.